The van der Waals surface area contributed by atoms with Gasteiger partial charge >= 0.3 is 23.9 Å². The zero-order chi connectivity index (χ0) is 10.4. The van der Waals surface area contributed by atoms with E-state index in [1.54, 1.807) is 0 Å². The van der Waals surface area contributed by atoms with Gasteiger partial charge < -0.3 is 9.11 Å². The van der Waals surface area contributed by atoms with Crippen molar-refractivity contribution in [2.45, 2.75) is 13.8 Å². The third kappa shape index (κ3) is 32.5. The molecule has 0 atom stereocenters. The molecule has 0 heterocycles. The van der Waals surface area contributed by atoms with E-state index in [0.29, 0.717) is 0 Å². The predicted octanol–water partition coefficient (Wildman–Crippen LogP) is -1.81. The van der Waals surface area contributed by atoms with Crippen molar-refractivity contribution < 1.29 is 25.9 Å². The monoisotopic (exact) mass is 340 g/mol. The molecule has 0 aliphatic heterocycles. The van der Waals surface area contributed by atoms with Crippen molar-refractivity contribution in [1.29, 1.82) is 0 Å². The van der Waals surface area contributed by atoms with Gasteiger partial charge in [-0.15, -0.1) is 0 Å². The van der Waals surface area contributed by atoms with Crippen LogP contribution in [0.25, 0.3) is 0 Å². The van der Waals surface area contributed by atoms with Crippen LogP contribution in [-0.4, -0.2) is 61.4 Å². The Hall–Kier alpha value is 0.619. The fourth-order valence-electron chi connectivity index (χ4n) is 0. The van der Waals surface area contributed by atoms with Gasteiger partial charge in [0.25, 0.3) is 0 Å². The summed E-state index contributed by atoms with van der Waals surface area (Å²) in [5.41, 5.74) is 0. The van der Waals surface area contributed by atoms with Crippen LogP contribution in [0.3, 0.4) is 0 Å². The molecule has 0 unspecified atom stereocenters. The van der Waals surface area contributed by atoms with E-state index in [4.69, 9.17) is 0 Å². The van der Waals surface area contributed by atoms with Gasteiger partial charge in [0.2, 0.25) is 0 Å². The van der Waals surface area contributed by atoms with Gasteiger partial charge in [0.05, 0.1) is 20.2 Å². The van der Waals surface area contributed by atoms with Gasteiger partial charge in [-0.2, -0.15) is 0 Å². The van der Waals surface area contributed by atoms with Crippen molar-refractivity contribution in [3.63, 3.8) is 0 Å². The summed E-state index contributed by atoms with van der Waals surface area (Å²) in [6, 6.07) is 0. The molecule has 0 aromatic carbocycles. The van der Waals surface area contributed by atoms with E-state index in [9.17, 15) is 25.9 Å². The van der Waals surface area contributed by atoms with Gasteiger partial charge in [0.1, 0.15) is 0 Å². The first-order valence-corrected chi connectivity index (χ1v) is 6.15. The van der Waals surface area contributed by atoms with Crippen LogP contribution >= 0.6 is 0 Å². The molecule has 0 aliphatic rings. The van der Waals surface area contributed by atoms with E-state index in [0.717, 1.165) is 0 Å². The Labute approximate surface area is 95.2 Å². The maximum atomic E-state index is 9.44. The maximum absolute atomic E-state index is 9.44. The van der Waals surface area contributed by atoms with Gasteiger partial charge in [-0.1, -0.05) is 13.8 Å². The Morgan fingerprint density at radius 2 is 0.923 bits per heavy atom. The molecule has 6 nitrogen and oxygen atoms in total. The molecule has 9 heteroatoms. The number of hydrogen-bond acceptors (Lipinski definition) is 6. The predicted molar refractivity (Wildman–Crippen MR) is 49.0 cm³/mol. The normalized spacial score (nSPS) is 10.8. The second-order valence-electron chi connectivity index (χ2n) is 1.69. The summed E-state index contributed by atoms with van der Waals surface area (Å²) in [4.78, 5) is 0. The molecule has 0 saturated carbocycles. The summed E-state index contributed by atoms with van der Waals surface area (Å²) in [6.07, 6.45) is 0. The molecule has 0 aromatic rings. The molecule has 0 radical (unpaired) electrons. The summed E-state index contributed by atoms with van der Waals surface area (Å²) in [7, 11) is -7.82. The Balaban J connectivity index is -0.000000143. The molecule has 0 saturated heterocycles. The van der Waals surface area contributed by atoms with Crippen molar-refractivity contribution in [1.82, 2.24) is 0 Å². The third-order valence-corrected chi connectivity index (χ3v) is 2.12. The van der Waals surface area contributed by atoms with E-state index in [-0.39, 0.29) is 35.4 Å². The van der Waals surface area contributed by atoms with Crippen LogP contribution in [0, 0.1) is 0 Å². The van der Waals surface area contributed by atoms with Crippen molar-refractivity contribution in [3.05, 3.63) is 0 Å². The summed E-state index contributed by atoms with van der Waals surface area (Å²) in [5.74, 6) is -0.625. The molecule has 0 rings (SSSR count). The molecule has 0 spiro atoms. The van der Waals surface area contributed by atoms with Gasteiger partial charge in [-0.25, -0.2) is 16.8 Å². The molecule has 0 N–H and O–H groups in total. The van der Waals surface area contributed by atoms with E-state index in [1.807, 2.05) is 0 Å². The fraction of sp³-hybridized carbons (Fsp3) is 1.00. The molecule has 13 heavy (non-hydrogen) atoms. The zero-order valence-electron chi connectivity index (χ0n) is 7.39. The van der Waals surface area contributed by atoms with Crippen molar-refractivity contribution in [3.8, 4) is 0 Å². The first-order valence-electron chi connectivity index (χ1n) is 2.99. The molecule has 0 aliphatic carbocycles. The minimum atomic E-state index is -3.91. The Morgan fingerprint density at radius 1 is 0.846 bits per heavy atom. The molecule has 0 fully saturated rings. The van der Waals surface area contributed by atoms with E-state index >= 15 is 0 Å². The van der Waals surface area contributed by atoms with Gasteiger partial charge in [-0.3, -0.25) is 0 Å². The average molecular weight is 339 g/mol. The van der Waals surface area contributed by atoms with E-state index in [1.165, 1.54) is 13.8 Å². The topological polar surface area (TPSA) is 114 Å². The van der Waals surface area contributed by atoms with Crippen LogP contribution < -0.4 is 0 Å². The third-order valence-electron chi connectivity index (χ3n) is 0.707. The molecular weight excluding hydrogens is 327 g/mol. The number of rotatable bonds is 2. The van der Waals surface area contributed by atoms with Crippen LogP contribution in [0.4, 0.5) is 0 Å². The van der Waals surface area contributed by atoms with E-state index in [2.05, 4.69) is 0 Å². The minimum absolute atomic E-state index is 0. The molecule has 0 bridgehead atoms. The SMILES string of the molecule is CCS(=O)(=O)[O-].CCS(=O)(=O)[O-].[SnH2+2]. The Kier molecular flexibility index (Phi) is 11.8. The van der Waals surface area contributed by atoms with Crippen molar-refractivity contribution in [2.24, 2.45) is 0 Å². The summed E-state index contributed by atoms with van der Waals surface area (Å²) in [5, 5.41) is 0. The van der Waals surface area contributed by atoms with Crippen LogP contribution in [0.5, 0.6) is 0 Å². The fourth-order valence-corrected chi connectivity index (χ4v) is 0. The number of hydrogen-bond donors (Lipinski definition) is 0. The molecular formula is C4H12O6S2Sn. The quantitative estimate of drug-likeness (QED) is 0.433. The summed E-state index contributed by atoms with van der Waals surface area (Å²) in [6.45, 7) is 2.62. The summed E-state index contributed by atoms with van der Waals surface area (Å²) >= 11 is 0. The summed E-state index contributed by atoms with van der Waals surface area (Å²) < 4.78 is 56.7. The molecule has 80 valence electrons. The van der Waals surface area contributed by atoms with Gasteiger partial charge in [-0.05, 0) is 0 Å². The molecule has 0 aromatic heterocycles. The Morgan fingerprint density at radius 3 is 0.923 bits per heavy atom. The van der Waals surface area contributed by atoms with E-state index < -0.39 is 20.2 Å². The van der Waals surface area contributed by atoms with Crippen LogP contribution in [-0.2, 0) is 20.2 Å². The Bertz CT molecular complexity index is 259. The van der Waals surface area contributed by atoms with Crippen molar-refractivity contribution >= 4 is 44.1 Å². The molecule has 0 amide bonds. The standard InChI is InChI=1S/2C2H6O3S.Sn.2H/c2*1-2-6(3,4)5;;;/h2*2H2,1H3,(H,3,4,5);;;/q;;+2;;/p-2. The first kappa shape index (κ1) is 19.2. The van der Waals surface area contributed by atoms with Gasteiger partial charge in [0, 0.05) is 11.5 Å². The zero-order valence-corrected chi connectivity index (χ0v) is 13.1. The second kappa shape index (κ2) is 7.97. The van der Waals surface area contributed by atoms with Crippen molar-refractivity contribution in [2.75, 3.05) is 11.5 Å². The van der Waals surface area contributed by atoms with Crippen LogP contribution in [0.1, 0.15) is 13.8 Å². The van der Waals surface area contributed by atoms with Gasteiger partial charge in [0.15, 0.2) is 0 Å². The first-order chi connectivity index (χ1) is 5.12. The second-order valence-corrected chi connectivity index (χ2v) is 5.08. The average Bonchev–Trinajstić information content (AvgIpc) is 1.86. The van der Waals surface area contributed by atoms with Crippen LogP contribution in [0.15, 0.2) is 0 Å². The van der Waals surface area contributed by atoms with Crippen LogP contribution in [0.2, 0.25) is 0 Å².